The van der Waals surface area contributed by atoms with Crippen LogP contribution in [0.5, 0.6) is 11.5 Å². The van der Waals surface area contributed by atoms with Crippen molar-refractivity contribution >= 4 is 34.8 Å². The summed E-state index contributed by atoms with van der Waals surface area (Å²) < 4.78 is 10.9. The van der Waals surface area contributed by atoms with Crippen LogP contribution in [0.1, 0.15) is 12.5 Å². The van der Waals surface area contributed by atoms with Crippen LogP contribution in [-0.2, 0) is 5.75 Å². The van der Waals surface area contributed by atoms with Gasteiger partial charge in [0, 0.05) is 16.3 Å². The molecule has 0 aliphatic rings. The van der Waals surface area contributed by atoms with Crippen LogP contribution in [-0.4, -0.2) is 24.9 Å². The molecular formula is C24H26N2O2S2. The highest BCUT2D eigenvalue weighted by Gasteiger charge is 2.06. The van der Waals surface area contributed by atoms with E-state index in [4.69, 9.17) is 21.7 Å². The fraction of sp³-hybridized carbons (Fsp3) is 0.208. The molecule has 2 N–H and O–H groups in total. The monoisotopic (exact) mass is 438 g/mol. The molecule has 0 saturated heterocycles. The molecule has 4 nitrogen and oxygen atoms in total. The molecule has 1 unspecified atom stereocenters. The number of hydrogen-bond acceptors (Lipinski definition) is 4. The number of thioether (sulfide) groups is 1. The van der Waals surface area contributed by atoms with E-state index in [2.05, 4.69) is 47.0 Å². The molecule has 0 aliphatic heterocycles. The lowest BCUT2D eigenvalue weighted by atomic mass is 10.2. The van der Waals surface area contributed by atoms with E-state index in [1.54, 1.807) is 7.11 Å². The normalized spacial score (nSPS) is 11.4. The van der Waals surface area contributed by atoms with Gasteiger partial charge in [-0.25, -0.2) is 0 Å². The molecule has 0 saturated carbocycles. The van der Waals surface area contributed by atoms with Crippen LogP contribution in [0.15, 0.2) is 83.8 Å². The molecule has 3 aromatic carbocycles. The van der Waals surface area contributed by atoms with Gasteiger partial charge in [0.05, 0.1) is 13.2 Å². The van der Waals surface area contributed by atoms with Crippen molar-refractivity contribution < 1.29 is 9.47 Å². The van der Waals surface area contributed by atoms with E-state index in [1.807, 2.05) is 61.2 Å². The summed E-state index contributed by atoms with van der Waals surface area (Å²) in [4.78, 5) is 1.27. The minimum Gasteiger partial charge on any atom is -0.497 e. The number of rotatable bonds is 9. The Morgan fingerprint density at radius 3 is 2.27 bits per heavy atom. The minimum atomic E-state index is 0.0636. The van der Waals surface area contributed by atoms with Gasteiger partial charge >= 0.3 is 0 Å². The zero-order valence-corrected chi connectivity index (χ0v) is 18.8. The maximum atomic E-state index is 5.79. The van der Waals surface area contributed by atoms with Gasteiger partial charge in [0.2, 0.25) is 0 Å². The van der Waals surface area contributed by atoms with Crippen molar-refractivity contribution in [1.82, 2.24) is 5.32 Å². The molecule has 3 aromatic rings. The average Bonchev–Trinajstić information content (AvgIpc) is 2.78. The van der Waals surface area contributed by atoms with E-state index in [0.29, 0.717) is 11.7 Å². The number of anilines is 1. The fourth-order valence-corrected chi connectivity index (χ4v) is 3.89. The number of thiocarbonyl (C=S) groups is 1. The van der Waals surface area contributed by atoms with Gasteiger partial charge < -0.3 is 20.1 Å². The predicted octanol–water partition coefficient (Wildman–Crippen LogP) is 5.74. The van der Waals surface area contributed by atoms with E-state index in [1.165, 1.54) is 10.5 Å². The molecule has 30 heavy (non-hydrogen) atoms. The van der Waals surface area contributed by atoms with Gasteiger partial charge in [0.25, 0.3) is 0 Å². The maximum Gasteiger partial charge on any atom is 0.171 e. The second kappa shape index (κ2) is 11.5. The molecule has 0 aliphatic carbocycles. The molecule has 156 valence electrons. The van der Waals surface area contributed by atoms with Gasteiger partial charge in [0.1, 0.15) is 18.1 Å². The van der Waals surface area contributed by atoms with E-state index in [0.717, 1.165) is 22.9 Å². The molecule has 6 heteroatoms. The van der Waals surface area contributed by atoms with Gasteiger partial charge in [-0.15, -0.1) is 11.8 Å². The van der Waals surface area contributed by atoms with Crippen molar-refractivity contribution in [3.05, 3.63) is 84.4 Å². The van der Waals surface area contributed by atoms with Crippen molar-refractivity contribution in [1.29, 1.82) is 0 Å². The smallest absolute Gasteiger partial charge is 0.171 e. The molecular weight excluding hydrogens is 412 g/mol. The highest BCUT2D eigenvalue weighted by atomic mass is 32.2. The van der Waals surface area contributed by atoms with E-state index >= 15 is 0 Å². The molecule has 0 heterocycles. The molecule has 3 rings (SSSR count). The van der Waals surface area contributed by atoms with E-state index in [-0.39, 0.29) is 6.04 Å². The maximum absolute atomic E-state index is 5.79. The summed E-state index contributed by atoms with van der Waals surface area (Å²) in [6.45, 7) is 2.53. The van der Waals surface area contributed by atoms with Gasteiger partial charge in [0.15, 0.2) is 5.11 Å². The zero-order valence-electron chi connectivity index (χ0n) is 17.1. The summed E-state index contributed by atoms with van der Waals surface area (Å²) in [6.07, 6.45) is 0. The molecule has 0 radical (unpaired) electrons. The number of nitrogens with one attached hydrogen (secondary N) is 2. The lowest BCUT2D eigenvalue weighted by molar-refractivity contribution is 0.286. The summed E-state index contributed by atoms with van der Waals surface area (Å²) in [5.41, 5.74) is 2.23. The Hall–Kier alpha value is -2.70. The number of methoxy groups -OCH3 is 1. The lowest BCUT2D eigenvalue weighted by Crippen LogP contribution is -2.39. The van der Waals surface area contributed by atoms with Gasteiger partial charge in [-0.2, -0.15) is 0 Å². The van der Waals surface area contributed by atoms with Crippen molar-refractivity contribution in [2.24, 2.45) is 0 Å². The first-order valence-corrected chi connectivity index (χ1v) is 11.1. The Bertz CT molecular complexity index is 916. The average molecular weight is 439 g/mol. The van der Waals surface area contributed by atoms with Crippen molar-refractivity contribution in [3.63, 3.8) is 0 Å². The van der Waals surface area contributed by atoms with Gasteiger partial charge in [-0.3, -0.25) is 0 Å². The third kappa shape index (κ3) is 7.28. The van der Waals surface area contributed by atoms with Crippen LogP contribution in [0.2, 0.25) is 0 Å². The quantitative estimate of drug-likeness (QED) is 0.328. The molecule has 1 atom stereocenters. The third-order valence-electron chi connectivity index (χ3n) is 4.30. The molecule has 0 fully saturated rings. The van der Waals surface area contributed by atoms with Gasteiger partial charge in [-0.05, 0) is 73.2 Å². The van der Waals surface area contributed by atoms with Crippen molar-refractivity contribution in [3.8, 4) is 11.5 Å². The summed E-state index contributed by atoms with van der Waals surface area (Å²) in [5, 5.41) is 7.05. The van der Waals surface area contributed by atoms with Crippen LogP contribution in [0.25, 0.3) is 0 Å². The molecule has 0 bridgehead atoms. The highest BCUT2D eigenvalue weighted by Crippen LogP contribution is 2.23. The third-order valence-corrected chi connectivity index (χ3v) is 5.60. The van der Waals surface area contributed by atoms with Crippen LogP contribution >= 0.6 is 24.0 Å². The lowest BCUT2D eigenvalue weighted by Gasteiger charge is -2.18. The summed E-state index contributed by atoms with van der Waals surface area (Å²) in [5.74, 6) is 2.54. The first kappa shape index (κ1) is 22.0. The first-order chi connectivity index (χ1) is 14.6. The standard InChI is InChI=1S/C24H26N2O2S2/c1-18(16-28-22-14-12-21(27-2)13-15-22)25-24(29)26-20-10-8-19(9-11-20)17-30-23-6-4-3-5-7-23/h3-15,18H,16-17H2,1-2H3,(H2,25,26,29). The van der Waals surface area contributed by atoms with E-state index in [9.17, 15) is 0 Å². The second-order valence-corrected chi connectivity index (χ2v) is 8.24. The minimum absolute atomic E-state index is 0.0636. The van der Waals surface area contributed by atoms with E-state index < -0.39 is 0 Å². The Balaban J connectivity index is 1.40. The molecule has 0 aromatic heterocycles. The number of benzene rings is 3. The number of ether oxygens (including phenoxy) is 2. The first-order valence-electron chi connectivity index (χ1n) is 9.73. The van der Waals surface area contributed by atoms with Crippen LogP contribution in [0, 0.1) is 0 Å². The predicted molar refractivity (Wildman–Crippen MR) is 130 cm³/mol. The largest absolute Gasteiger partial charge is 0.497 e. The second-order valence-electron chi connectivity index (χ2n) is 6.78. The Labute approximate surface area is 188 Å². The summed E-state index contributed by atoms with van der Waals surface area (Å²) in [6, 6.07) is 26.4. The molecule has 0 spiro atoms. The highest BCUT2D eigenvalue weighted by molar-refractivity contribution is 7.98. The topological polar surface area (TPSA) is 42.5 Å². The van der Waals surface area contributed by atoms with Crippen LogP contribution in [0.4, 0.5) is 5.69 Å². The Morgan fingerprint density at radius 2 is 1.60 bits per heavy atom. The summed E-state index contributed by atoms with van der Waals surface area (Å²) in [7, 11) is 1.65. The van der Waals surface area contributed by atoms with Crippen LogP contribution in [0.3, 0.4) is 0 Å². The summed E-state index contributed by atoms with van der Waals surface area (Å²) >= 11 is 7.25. The SMILES string of the molecule is COc1ccc(OCC(C)NC(=S)Nc2ccc(CSc3ccccc3)cc2)cc1. The van der Waals surface area contributed by atoms with Crippen molar-refractivity contribution in [2.75, 3.05) is 19.0 Å². The molecule has 0 amide bonds. The number of hydrogen-bond donors (Lipinski definition) is 2. The Morgan fingerprint density at radius 1 is 0.933 bits per heavy atom. The van der Waals surface area contributed by atoms with Gasteiger partial charge in [-0.1, -0.05) is 30.3 Å². The van der Waals surface area contributed by atoms with Crippen molar-refractivity contribution in [2.45, 2.75) is 23.6 Å². The zero-order chi connectivity index (χ0) is 21.2. The fourth-order valence-electron chi connectivity index (χ4n) is 2.69. The Kier molecular flexibility index (Phi) is 8.41. The van der Waals surface area contributed by atoms with Crippen LogP contribution < -0.4 is 20.1 Å².